The standard InChI is InChI=1S/C14H22N4/c1-3-7-18-9-11(2)15-14(18)16-12-6-8-17(10-12)13-4-5-13/h3,9,12-13H,1,4-8,10H2,2H3,(H,15,16). The van der Waals surface area contributed by atoms with Crippen molar-refractivity contribution in [3.8, 4) is 0 Å². The van der Waals surface area contributed by atoms with Crippen molar-refractivity contribution in [1.29, 1.82) is 0 Å². The predicted molar refractivity (Wildman–Crippen MR) is 73.8 cm³/mol. The van der Waals surface area contributed by atoms with Crippen LogP contribution in [0.25, 0.3) is 0 Å². The average Bonchev–Trinajstić information content (AvgIpc) is 3.00. The van der Waals surface area contributed by atoms with E-state index in [-0.39, 0.29) is 0 Å². The Balaban J connectivity index is 1.63. The highest BCUT2D eigenvalue weighted by molar-refractivity contribution is 5.31. The Kier molecular flexibility index (Phi) is 3.12. The molecule has 1 aliphatic heterocycles. The lowest BCUT2D eigenvalue weighted by molar-refractivity contribution is 0.326. The molecule has 2 heterocycles. The van der Waals surface area contributed by atoms with Gasteiger partial charge in [-0.25, -0.2) is 4.98 Å². The number of hydrogen-bond acceptors (Lipinski definition) is 3. The minimum Gasteiger partial charge on any atom is -0.352 e. The number of likely N-dealkylation sites (tertiary alicyclic amines) is 1. The van der Waals surface area contributed by atoms with Crippen molar-refractivity contribution in [1.82, 2.24) is 14.5 Å². The van der Waals surface area contributed by atoms with Gasteiger partial charge in [-0.2, -0.15) is 0 Å². The molecule has 18 heavy (non-hydrogen) atoms. The van der Waals surface area contributed by atoms with E-state index in [1.54, 1.807) is 0 Å². The summed E-state index contributed by atoms with van der Waals surface area (Å²) in [5.41, 5.74) is 1.07. The van der Waals surface area contributed by atoms with E-state index in [0.29, 0.717) is 6.04 Å². The second kappa shape index (κ2) is 4.76. The Labute approximate surface area is 109 Å². The third kappa shape index (κ3) is 2.43. The van der Waals surface area contributed by atoms with Crippen molar-refractivity contribution in [2.24, 2.45) is 0 Å². The van der Waals surface area contributed by atoms with Gasteiger partial charge in [0.15, 0.2) is 0 Å². The molecule has 0 spiro atoms. The van der Waals surface area contributed by atoms with Gasteiger partial charge < -0.3 is 9.88 Å². The molecule has 1 saturated heterocycles. The fraction of sp³-hybridized carbons (Fsp3) is 0.643. The van der Waals surface area contributed by atoms with Crippen molar-refractivity contribution < 1.29 is 0 Å². The first-order chi connectivity index (χ1) is 8.76. The zero-order chi connectivity index (χ0) is 12.5. The van der Waals surface area contributed by atoms with Gasteiger partial charge in [0.25, 0.3) is 0 Å². The van der Waals surface area contributed by atoms with Crippen LogP contribution in [0.3, 0.4) is 0 Å². The van der Waals surface area contributed by atoms with Crippen LogP contribution < -0.4 is 5.32 Å². The summed E-state index contributed by atoms with van der Waals surface area (Å²) in [5.74, 6) is 0.995. The van der Waals surface area contributed by atoms with Crippen LogP contribution in [0.4, 0.5) is 5.95 Å². The topological polar surface area (TPSA) is 33.1 Å². The van der Waals surface area contributed by atoms with E-state index in [1.165, 1.54) is 32.4 Å². The lowest BCUT2D eigenvalue weighted by Gasteiger charge is -2.16. The lowest BCUT2D eigenvalue weighted by Crippen LogP contribution is -2.28. The molecule has 1 atom stereocenters. The first-order valence-corrected chi connectivity index (χ1v) is 6.91. The molecule has 0 aromatic carbocycles. The summed E-state index contributed by atoms with van der Waals surface area (Å²) < 4.78 is 2.14. The van der Waals surface area contributed by atoms with Crippen molar-refractivity contribution in [3.63, 3.8) is 0 Å². The fourth-order valence-corrected chi connectivity index (χ4v) is 2.80. The molecule has 3 rings (SSSR count). The SMILES string of the molecule is C=CCn1cc(C)nc1NC1CCN(C2CC2)C1. The Morgan fingerprint density at radius 3 is 3.06 bits per heavy atom. The molecule has 1 aromatic heterocycles. The molecule has 0 bridgehead atoms. The maximum atomic E-state index is 4.56. The molecule has 4 heteroatoms. The van der Waals surface area contributed by atoms with E-state index in [4.69, 9.17) is 0 Å². The third-order valence-electron chi connectivity index (χ3n) is 3.84. The molecule has 0 radical (unpaired) electrons. The summed E-state index contributed by atoms with van der Waals surface area (Å²) >= 11 is 0. The first kappa shape index (κ1) is 11.8. The van der Waals surface area contributed by atoms with Crippen LogP contribution >= 0.6 is 0 Å². The average molecular weight is 246 g/mol. The molecular formula is C14H22N4. The smallest absolute Gasteiger partial charge is 0.203 e. The van der Waals surface area contributed by atoms with E-state index in [2.05, 4.69) is 32.5 Å². The minimum absolute atomic E-state index is 0.552. The molecule has 0 amide bonds. The molecule has 98 valence electrons. The van der Waals surface area contributed by atoms with Crippen LogP contribution in [-0.2, 0) is 6.54 Å². The van der Waals surface area contributed by atoms with Gasteiger partial charge in [0.2, 0.25) is 5.95 Å². The summed E-state index contributed by atoms with van der Waals surface area (Å²) in [6.45, 7) is 9.07. The van der Waals surface area contributed by atoms with Gasteiger partial charge in [-0.15, -0.1) is 6.58 Å². The van der Waals surface area contributed by atoms with Crippen molar-refractivity contribution >= 4 is 5.95 Å². The van der Waals surface area contributed by atoms with Crippen LogP contribution in [0.15, 0.2) is 18.9 Å². The Hall–Kier alpha value is -1.29. The second-order valence-electron chi connectivity index (χ2n) is 5.50. The van der Waals surface area contributed by atoms with E-state index >= 15 is 0 Å². The predicted octanol–water partition coefficient (Wildman–Crippen LogP) is 2.03. The van der Waals surface area contributed by atoms with Gasteiger partial charge in [0.1, 0.15) is 0 Å². The largest absolute Gasteiger partial charge is 0.352 e. The fourth-order valence-electron chi connectivity index (χ4n) is 2.80. The zero-order valence-electron chi connectivity index (χ0n) is 11.1. The number of nitrogens with zero attached hydrogens (tertiary/aromatic N) is 3. The number of imidazole rings is 1. The molecule has 1 unspecified atom stereocenters. The number of aryl methyl sites for hydroxylation is 1. The monoisotopic (exact) mass is 246 g/mol. The zero-order valence-corrected chi connectivity index (χ0v) is 11.1. The summed E-state index contributed by atoms with van der Waals surface area (Å²) in [6, 6.07) is 1.43. The maximum Gasteiger partial charge on any atom is 0.203 e. The van der Waals surface area contributed by atoms with E-state index in [0.717, 1.165) is 24.2 Å². The molecule has 1 N–H and O–H groups in total. The van der Waals surface area contributed by atoms with Gasteiger partial charge >= 0.3 is 0 Å². The summed E-state index contributed by atoms with van der Waals surface area (Å²) in [4.78, 5) is 7.18. The number of nitrogens with one attached hydrogen (secondary N) is 1. The van der Waals surface area contributed by atoms with Crippen LogP contribution in [0.1, 0.15) is 25.0 Å². The number of allylic oxidation sites excluding steroid dienone is 1. The van der Waals surface area contributed by atoms with Crippen molar-refractivity contribution in [2.75, 3.05) is 18.4 Å². The highest BCUT2D eigenvalue weighted by Gasteiger charge is 2.34. The normalized spacial score (nSPS) is 24.4. The van der Waals surface area contributed by atoms with Gasteiger partial charge in [-0.1, -0.05) is 6.08 Å². The molecule has 4 nitrogen and oxygen atoms in total. The summed E-state index contributed by atoms with van der Waals surface area (Å²) in [6.07, 6.45) is 8.03. The van der Waals surface area contributed by atoms with Crippen LogP contribution in [-0.4, -0.2) is 39.6 Å². The van der Waals surface area contributed by atoms with E-state index in [9.17, 15) is 0 Å². The van der Waals surface area contributed by atoms with Gasteiger partial charge in [0, 0.05) is 37.9 Å². The number of anilines is 1. The van der Waals surface area contributed by atoms with E-state index < -0.39 is 0 Å². The van der Waals surface area contributed by atoms with Gasteiger partial charge in [-0.3, -0.25) is 4.90 Å². The summed E-state index contributed by atoms with van der Waals surface area (Å²) in [7, 11) is 0. The molecule has 2 fully saturated rings. The quantitative estimate of drug-likeness (QED) is 0.807. The highest BCUT2D eigenvalue weighted by atomic mass is 15.3. The van der Waals surface area contributed by atoms with E-state index in [1.807, 2.05) is 13.0 Å². The molecular weight excluding hydrogens is 224 g/mol. The molecule has 1 saturated carbocycles. The second-order valence-corrected chi connectivity index (χ2v) is 5.50. The Bertz CT molecular complexity index is 433. The number of hydrogen-bond donors (Lipinski definition) is 1. The summed E-state index contributed by atoms with van der Waals surface area (Å²) in [5, 5.41) is 3.59. The van der Waals surface area contributed by atoms with Gasteiger partial charge in [-0.05, 0) is 26.2 Å². The molecule has 1 aromatic rings. The highest BCUT2D eigenvalue weighted by Crippen LogP contribution is 2.30. The van der Waals surface area contributed by atoms with Crippen LogP contribution in [0.2, 0.25) is 0 Å². The van der Waals surface area contributed by atoms with Crippen molar-refractivity contribution in [2.45, 2.75) is 44.8 Å². The lowest BCUT2D eigenvalue weighted by atomic mass is 10.3. The van der Waals surface area contributed by atoms with Crippen LogP contribution in [0.5, 0.6) is 0 Å². The minimum atomic E-state index is 0.552. The number of rotatable bonds is 5. The maximum absolute atomic E-state index is 4.56. The number of aromatic nitrogens is 2. The Morgan fingerprint density at radius 1 is 1.50 bits per heavy atom. The first-order valence-electron chi connectivity index (χ1n) is 6.91. The third-order valence-corrected chi connectivity index (χ3v) is 3.84. The molecule has 1 aliphatic carbocycles. The Morgan fingerprint density at radius 2 is 2.33 bits per heavy atom. The van der Waals surface area contributed by atoms with Crippen LogP contribution in [0, 0.1) is 6.92 Å². The molecule has 2 aliphatic rings. The van der Waals surface area contributed by atoms with Gasteiger partial charge in [0.05, 0.1) is 5.69 Å². The van der Waals surface area contributed by atoms with Crippen molar-refractivity contribution in [3.05, 3.63) is 24.5 Å².